The highest BCUT2D eigenvalue weighted by Crippen LogP contribution is 1.83. The molecule has 90 valence electrons. The van der Waals surface area contributed by atoms with E-state index in [1.54, 1.807) is 0 Å². The lowest BCUT2D eigenvalue weighted by atomic mass is 10.4. The molecule has 0 saturated heterocycles. The highest BCUT2D eigenvalue weighted by molar-refractivity contribution is 4.85. The Labute approximate surface area is 92.6 Å². The summed E-state index contributed by atoms with van der Waals surface area (Å²) in [4.78, 5) is 4.43. The molecule has 0 N–H and O–H groups in total. The molecule has 0 heterocycles. The zero-order valence-electron chi connectivity index (χ0n) is 8.17. The molecule has 2 nitrogen and oxygen atoms in total. The molecule has 0 unspecified atom stereocenters. The molecule has 0 aromatic rings. The van der Waals surface area contributed by atoms with Gasteiger partial charge in [0.25, 0.3) is 0 Å². The summed E-state index contributed by atoms with van der Waals surface area (Å²) in [5.41, 5.74) is 0. The summed E-state index contributed by atoms with van der Waals surface area (Å²) in [5, 5.41) is 0. The maximum Gasteiger partial charge on any atom is 0.0160 e. The smallest absolute Gasteiger partial charge is 0.0160 e. The normalized spacial score (nSPS) is 9.57. The van der Waals surface area contributed by atoms with Gasteiger partial charge in [0.15, 0.2) is 0 Å². The van der Waals surface area contributed by atoms with Gasteiger partial charge in [-0.3, -0.25) is 0 Å². The Bertz CT molecular complexity index is 109. The van der Waals surface area contributed by atoms with Crippen molar-refractivity contribution in [1.82, 2.24) is 9.80 Å². The first-order valence-corrected chi connectivity index (χ1v) is 4.15. The van der Waals surface area contributed by atoms with Gasteiger partial charge < -0.3 is 9.80 Å². The van der Waals surface area contributed by atoms with Crippen LogP contribution < -0.4 is 0 Å². The van der Waals surface area contributed by atoms with Gasteiger partial charge in [0.2, 0.25) is 0 Å². The first-order chi connectivity index (χ1) is 5.16. The lowest BCUT2D eigenvalue weighted by Crippen LogP contribution is -2.17. The highest BCUT2D eigenvalue weighted by Gasteiger charge is 1.87. The molecule has 0 rings (SSSR count). The van der Waals surface area contributed by atoms with Gasteiger partial charge in [-0.25, -0.2) is 0 Å². The summed E-state index contributed by atoms with van der Waals surface area (Å²) >= 11 is 0. The minimum Gasteiger partial charge on any atom is -0.306 e. The van der Waals surface area contributed by atoms with Gasteiger partial charge in [-0.1, -0.05) is 41.4 Å². The van der Waals surface area contributed by atoms with Gasteiger partial charge in [-0.05, 0) is 27.7 Å². The highest BCUT2D eigenvalue weighted by atomic mass is 15.1. The van der Waals surface area contributed by atoms with Crippen molar-refractivity contribution in [3.63, 3.8) is 0 Å². The molecular weight excluding hydrogens is 172 g/mol. The van der Waals surface area contributed by atoms with Crippen LogP contribution in [0.5, 0.6) is 0 Å². The zero-order valence-corrected chi connectivity index (χ0v) is 8.17. The number of rotatable bonds is 5. The SMILES string of the molecule is C.C.C.CCN(C)CC=CCN(C)C. The summed E-state index contributed by atoms with van der Waals surface area (Å²) in [5.74, 6) is 0. The monoisotopic (exact) mass is 204 g/mol. The Morgan fingerprint density at radius 1 is 0.857 bits per heavy atom. The Kier molecular flexibility index (Phi) is 25.4. The minimum atomic E-state index is 0. The molecule has 0 radical (unpaired) electrons. The Hall–Kier alpha value is -0.340. The van der Waals surface area contributed by atoms with Crippen molar-refractivity contribution >= 4 is 0 Å². The average Bonchev–Trinajstić information content (AvgIpc) is 1.97. The molecule has 0 saturated carbocycles. The van der Waals surface area contributed by atoms with E-state index in [2.05, 4.69) is 50.0 Å². The predicted molar refractivity (Wildman–Crippen MR) is 71.1 cm³/mol. The van der Waals surface area contributed by atoms with E-state index in [1.165, 1.54) is 0 Å². The van der Waals surface area contributed by atoms with Gasteiger partial charge in [-0.2, -0.15) is 0 Å². The van der Waals surface area contributed by atoms with Gasteiger partial charge >= 0.3 is 0 Å². The van der Waals surface area contributed by atoms with Gasteiger partial charge in [0, 0.05) is 13.1 Å². The quantitative estimate of drug-likeness (QED) is 0.635. The fourth-order valence-corrected chi connectivity index (χ4v) is 0.669. The Balaban J connectivity index is -0.000000167. The van der Waals surface area contributed by atoms with E-state index in [1.807, 2.05) is 0 Å². The summed E-state index contributed by atoms with van der Waals surface area (Å²) in [7, 11) is 6.28. The van der Waals surface area contributed by atoms with E-state index in [-0.39, 0.29) is 22.3 Å². The topological polar surface area (TPSA) is 6.48 Å². The molecule has 0 bridgehead atoms. The van der Waals surface area contributed by atoms with Gasteiger partial charge in [-0.15, -0.1) is 0 Å². The number of hydrogen-bond donors (Lipinski definition) is 0. The third-order valence-electron chi connectivity index (χ3n) is 1.59. The van der Waals surface area contributed by atoms with Crippen LogP contribution in [-0.4, -0.2) is 50.6 Å². The van der Waals surface area contributed by atoms with E-state index >= 15 is 0 Å². The maximum absolute atomic E-state index is 2.27. The van der Waals surface area contributed by atoms with Crippen molar-refractivity contribution in [2.75, 3.05) is 40.8 Å². The predicted octanol–water partition coefficient (Wildman–Crippen LogP) is 2.96. The Morgan fingerprint density at radius 3 is 1.64 bits per heavy atom. The maximum atomic E-state index is 2.27. The molecule has 0 atom stereocenters. The van der Waals surface area contributed by atoms with Crippen molar-refractivity contribution in [1.29, 1.82) is 0 Å². The molecule has 2 heteroatoms. The van der Waals surface area contributed by atoms with E-state index in [0.29, 0.717) is 0 Å². The van der Waals surface area contributed by atoms with Crippen LogP contribution in [0.25, 0.3) is 0 Å². The molecule has 0 aliphatic carbocycles. The van der Waals surface area contributed by atoms with Gasteiger partial charge in [0.1, 0.15) is 0 Å². The number of hydrogen-bond acceptors (Lipinski definition) is 2. The first kappa shape index (κ1) is 23.5. The first-order valence-electron chi connectivity index (χ1n) is 4.15. The van der Waals surface area contributed by atoms with Crippen molar-refractivity contribution in [2.45, 2.75) is 29.2 Å². The lowest BCUT2D eigenvalue weighted by Gasteiger charge is -2.10. The van der Waals surface area contributed by atoms with E-state index < -0.39 is 0 Å². The lowest BCUT2D eigenvalue weighted by molar-refractivity contribution is 0.390. The Morgan fingerprint density at radius 2 is 1.29 bits per heavy atom. The molecule has 0 aliphatic rings. The van der Waals surface area contributed by atoms with Crippen LogP contribution in [0.4, 0.5) is 0 Å². The second kappa shape index (κ2) is 15.1. The number of likely N-dealkylation sites (N-methyl/N-ethyl adjacent to an activating group) is 2. The fraction of sp³-hybridized carbons (Fsp3) is 0.833. The zero-order chi connectivity index (χ0) is 8.69. The summed E-state index contributed by atoms with van der Waals surface area (Å²) in [6.45, 7) is 5.38. The number of nitrogens with zero attached hydrogens (tertiary/aromatic N) is 2. The van der Waals surface area contributed by atoms with Crippen LogP contribution in [0, 0.1) is 0 Å². The minimum absolute atomic E-state index is 0. The average molecular weight is 204 g/mol. The molecule has 0 fully saturated rings. The van der Waals surface area contributed by atoms with Crippen LogP contribution in [0.15, 0.2) is 12.2 Å². The third kappa shape index (κ3) is 17.7. The second-order valence-corrected chi connectivity index (χ2v) is 3.09. The van der Waals surface area contributed by atoms with Crippen LogP contribution in [0.1, 0.15) is 29.2 Å². The van der Waals surface area contributed by atoms with Crippen molar-refractivity contribution in [3.8, 4) is 0 Å². The molecule has 0 amide bonds. The van der Waals surface area contributed by atoms with E-state index in [0.717, 1.165) is 19.6 Å². The van der Waals surface area contributed by atoms with Crippen LogP contribution in [-0.2, 0) is 0 Å². The van der Waals surface area contributed by atoms with Crippen LogP contribution in [0.3, 0.4) is 0 Å². The summed E-state index contributed by atoms with van der Waals surface area (Å²) < 4.78 is 0. The van der Waals surface area contributed by atoms with Crippen molar-refractivity contribution in [3.05, 3.63) is 12.2 Å². The van der Waals surface area contributed by atoms with E-state index in [9.17, 15) is 0 Å². The second-order valence-electron chi connectivity index (χ2n) is 3.09. The van der Waals surface area contributed by atoms with Crippen LogP contribution >= 0.6 is 0 Å². The fourth-order valence-electron chi connectivity index (χ4n) is 0.669. The third-order valence-corrected chi connectivity index (χ3v) is 1.59. The molecule has 0 aliphatic heterocycles. The molecule has 0 spiro atoms. The van der Waals surface area contributed by atoms with Crippen molar-refractivity contribution in [2.24, 2.45) is 0 Å². The molecule has 0 aromatic heterocycles. The molecule has 0 aromatic carbocycles. The van der Waals surface area contributed by atoms with Crippen molar-refractivity contribution < 1.29 is 0 Å². The van der Waals surface area contributed by atoms with Crippen LogP contribution in [0.2, 0.25) is 0 Å². The standard InChI is InChI=1S/C9H20N2.3CH4/c1-5-11(4)9-7-6-8-10(2)3;;;/h6-7H,5,8-9H2,1-4H3;3*1H4. The molecule has 14 heavy (non-hydrogen) atoms. The summed E-state index contributed by atoms with van der Waals surface area (Å²) in [6, 6.07) is 0. The van der Waals surface area contributed by atoms with E-state index in [4.69, 9.17) is 0 Å². The summed E-state index contributed by atoms with van der Waals surface area (Å²) in [6.07, 6.45) is 4.41. The van der Waals surface area contributed by atoms with Gasteiger partial charge in [0.05, 0.1) is 0 Å². The largest absolute Gasteiger partial charge is 0.306 e. The molecular formula is C12H32N2.